The summed E-state index contributed by atoms with van der Waals surface area (Å²) < 4.78 is 77.0. The third kappa shape index (κ3) is 4.57. The Morgan fingerprint density at radius 1 is 1.21 bits per heavy atom. The van der Waals surface area contributed by atoms with E-state index in [4.69, 9.17) is 9.72 Å². The molecule has 0 radical (unpaired) electrons. The van der Waals surface area contributed by atoms with Gasteiger partial charge in [0.15, 0.2) is 5.01 Å². The van der Waals surface area contributed by atoms with E-state index < -0.39 is 33.7 Å². The number of piperazine rings is 1. The average molecular weight is 572 g/mol. The Labute approximate surface area is 221 Å². The summed E-state index contributed by atoms with van der Waals surface area (Å²) in [5, 5.41) is 10.9. The number of hydrogen-bond donors (Lipinski definition) is 2. The normalized spacial score (nSPS) is 23.8. The van der Waals surface area contributed by atoms with Crippen LogP contribution in [0.2, 0.25) is 0 Å². The third-order valence-electron chi connectivity index (χ3n) is 7.06. The second-order valence-corrected chi connectivity index (χ2v) is 13.2. The molecule has 15 heteroatoms. The largest absolute Gasteiger partial charge is 0.377 e. The van der Waals surface area contributed by atoms with Gasteiger partial charge in [0, 0.05) is 31.1 Å². The highest BCUT2D eigenvalue weighted by atomic mass is 32.2. The third-order valence-corrected chi connectivity index (χ3v) is 9.54. The first-order valence-corrected chi connectivity index (χ1v) is 14.8. The fraction of sp³-hybridized carbons (Fsp3) is 0.609. The van der Waals surface area contributed by atoms with Crippen LogP contribution in [-0.2, 0) is 14.8 Å². The van der Waals surface area contributed by atoms with Crippen LogP contribution in [0.15, 0.2) is 17.0 Å². The average Bonchev–Trinajstić information content (AvgIpc) is 3.43. The number of fused-ring (bicyclic) bond motifs is 1. The summed E-state index contributed by atoms with van der Waals surface area (Å²) in [4.78, 5) is 6.95. The number of halogens is 3. The van der Waals surface area contributed by atoms with Gasteiger partial charge < -0.3 is 15.0 Å². The lowest BCUT2D eigenvalue weighted by molar-refractivity contribution is -0.0725. The van der Waals surface area contributed by atoms with Gasteiger partial charge in [-0.15, -0.1) is 10.2 Å². The summed E-state index contributed by atoms with van der Waals surface area (Å²) in [6.45, 7) is 4.29. The van der Waals surface area contributed by atoms with Crippen molar-refractivity contribution in [3.8, 4) is 5.13 Å². The number of hydrogen-bond acceptors (Lipinski definition) is 9. The minimum Gasteiger partial charge on any atom is -0.377 e. The van der Waals surface area contributed by atoms with Crippen molar-refractivity contribution in [3.05, 3.63) is 23.0 Å². The molecule has 0 spiro atoms. The topological polar surface area (TPSA) is 114 Å². The van der Waals surface area contributed by atoms with E-state index in [-0.39, 0.29) is 41.2 Å². The number of nitrogens with one attached hydrogen (secondary N) is 2. The zero-order valence-electron chi connectivity index (χ0n) is 20.8. The summed E-state index contributed by atoms with van der Waals surface area (Å²) in [5.41, 5.74) is 0.297. The Kier molecular flexibility index (Phi) is 6.41. The quantitative estimate of drug-likeness (QED) is 0.424. The van der Waals surface area contributed by atoms with Crippen LogP contribution < -0.4 is 14.9 Å². The molecule has 2 aromatic heterocycles. The van der Waals surface area contributed by atoms with Crippen LogP contribution in [0.3, 0.4) is 0 Å². The van der Waals surface area contributed by atoms with Gasteiger partial charge in [0.25, 0.3) is 6.43 Å². The molecular formula is C23H28F3N7O3S2. The van der Waals surface area contributed by atoms with Crippen LogP contribution in [0.1, 0.15) is 49.9 Å². The number of anilines is 1. The molecule has 2 aliphatic heterocycles. The molecule has 0 bridgehead atoms. The van der Waals surface area contributed by atoms with Crippen molar-refractivity contribution in [1.82, 2.24) is 29.8 Å². The van der Waals surface area contributed by atoms with E-state index in [0.29, 0.717) is 35.6 Å². The highest BCUT2D eigenvalue weighted by Crippen LogP contribution is 2.44. The molecule has 10 nitrogen and oxygen atoms in total. The van der Waals surface area contributed by atoms with Gasteiger partial charge in [-0.3, -0.25) is 4.57 Å². The molecule has 2 saturated heterocycles. The number of rotatable bonds is 8. The predicted molar refractivity (Wildman–Crippen MR) is 136 cm³/mol. The Morgan fingerprint density at radius 3 is 2.47 bits per heavy atom. The first-order valence-electron chi connectivity index (χ1n) is 12.5. The maximum absolute atomic E-state index is 13.8. The molecule has 1 aromatic carbocycles. The summed E-state index contributed by atoms with van der Waals surface area (Å²) in [6.07, 6.45) is -1.01. The first-order chi connectivity index (χ1) is 18.1. The van der Waals surface area contributed by atoms with Crippen molar-refractivity contribution < 1.29 is 26.3 Å². The lowest BCUT2D eigenvalue weighted by Crippen LogP contribution is -2.63. The second kappa shape index (κ2) is 9.40. The number of alkyl halides is 3. The standard InChI is InChI=1S/C23H28F3N7O3S2/c1-12-7-32(8-13(2)27-12)16-5-15(38(34,35)31-23(9-24)10-36-11-23)6-17-18(16)28-20(14-3-4-14)33(17)22-30-29-21(37-22)19(25)26/h5-6,12-14,19,27,31H,3-4,7-11H2,1-2H3/t12-,13-/m0/s1. The van der Waals surface area contributed by atoms with Gasteiger partial charge in [0.05, 0.1) is 29.3 Å². The van der Waals surface area contributed by atoms with E-state index in [2.05, 4.69) is 25.1 Å². The molecule has 1 aliphatic carbocycles. The van der Waals surface area contributed by atoms with Crippen LogP contribution >= 0.6 is 11.3 Å². The number of sulfonamides is 1. The molecule has 206 valence electrons. The highest BCUT2D eigenvalue weighted by molar-refractivity contribution is 7.89. The van der Waals surface area contributed by atoms with Gasteiger partial charge >= 0.3 is 0 Å². The molecule has 4 heterocycles. The van der Waals surface area contributed by atoms with Gasteiger partial charge in [-0.25, -0.2) is 26.6 Å². The zero-order chi connectivity index (χ0) is 26.8. The highest BCUT2D eigenvalue weighted by Gasteiger charge is 2.43. The number of imidazole rings is 1. The van der Waals surface area contributed by atoms with Crippen molar-refractivity contribution in [2.45, 2.75) is 61.6 Å². The fourth-order valence-corrected chi connectivity index (χ4v) is 7.27. The lowest BCUT2D eigenvalue weighted by atomic mass is 10.0. The van der Waals surface area contributed by atoms with Crippen LogP contribution in [0.4, 0.5) is 18.9 Å². The monoisotopic (exact) mass is 571 g/mol. The maximum atomic E-state index is 13.8. The summed E-state index contributed by atoms with van der Waals surface area (Å²) in [6, 6.07) is 3.30. The van der Waals surface area contributed by atoms with Crippen LogP contribution in [0, 0.1) is 0 Å². The van der Waals surface area contributed by atoms with Gasteiger partial charge in [-0.2, -0.15) is 4.72 Å². The molecule has 6 rings (SSSR count). The Bertz CT molecular complexity index is 1450. The van der Waals surface area contributed by atoms with Gasteiger partial charge in [0.2, 0.25) is 15.2 Å². The molecule has 0 unspecified atom stereocenters. The van der Waals surface area contributed by atoms with Crippen LogP contribution in [-0.4, -0.2) is 78.8 Å². The van der Waals surface area contributed by atoms with E-state index >= 15 is 0 Å². The summed E-state index contributed by atoms with van der Waals surface area (Å²) in [7, 11) is -4.18. The van der Waals surface area contributed by atoms with Crippen LogP contribution in [0.25, 0.3) is 16.2 Å². The number of aromatic nitrogens is 4. The van der Waals surface area contributed by atoms with E-state index in [1.807, 2.05) is 13.8 Å². The SMILES string of the molecule is C[C@H]1CN(c2cc(S(=O)(=O)NC3(CF)COC3)cc3c2nc(C2CC2)n3-c2nnc(C(F)F)s2)C[C@H](C)N1. The summed E-state index contributed by atoms with van der Waals surface area (Å²) in [5.74, 6) is 0.750. The van der Waals surface area contributed by atoms with Crippen molar-refractivity contribution >= 4 is 38.1 Å². The Balaban J connectivity index is 1.56. The molecule has 1 saturated carbocycles. The number of nitrogens with zero attached hydrogens (tertiary/aromatic N) is 5. The Hall–Kier alpha value is -2.33. The van der Waals surface area contributed by atoms with Crippen molar-refractivity contribution in [2.75, 3.05) is 37.9 Å². The molecule has 3 aromatic rings. The van der Waals surface area contributed by atoms with E-state index in [0.717, 1.165) is 24.2 Å². The molecular weight excluding hydrogens is 543 g/mol. The minimum atomic E-state index is -4.18. The fourth-order valence-electron chi connectivity index (χ4n) is 5.15. The Morgan fingerprint density at radius 2 is 1.92 bits per heavy atom. The minimum absolute atomic E-state index is 0.0599. The molecule has 3 aliphatic rings. The number of benzene rings is 1. The second-order valence-electron chi connectivity index (χ2n) is 10.5. The van der Waals surface area contributed by atoms with Gasteiger partial charge in [-0.1, -0.05) is 11.3 Å². The van der Waals surface area contributed by atoms with Crippen molar-refractivity contribution in [2.24, 2.45) is 0 Å². The summed E-state index contributed by atoms with van der Waals surface area (Å²) >= 11 is 0.751. The maximum Gasteiger partial charge on any atom is 0.291 e. The van der Waals surface area contributed by atoms with Gasteiger partial charge in [0.1, 0.15) is 23.6 Å². The van der Waals surface area contributed by atoms with Gasteiger partial charge in [-0.05, 0) is 38.8 Å². The molecule has 2 atom stereocenters. The molecule has 0 amide bonds. The van der Waals surface area contributed by atoms with Crippen molar-refractivity contribution in [3.63, 3.8) is 0 Å². The molecule has 38 heavy (non-hydrogen) atoms. The molecule has 2 N–H and O–H groups in total. The van der Waals surface area contributed by atoms with Crippen molar-refractivity contribution in [1.29, 1.82) is 0 Å². The predicted octanol–water partition coefficient (Wildman–Crippen LogP) is 2.90. The van der Waals surface area contributed by atoms with E-state index in [1.54, 1.807) is 10.6 Å². The number of ether oxygens (including phenoxy) is 1. The lowest BCUT2D eigenvalue weighted by Gasteiger charge is -2.39. The molecule has 3 fully saturated rings. The van der Waals surface area contributed by atoms with E-state index in [1.165, 1.54) is 6.07 Å². The smallest absolute Gasteiger partial charge is 0.291 e. The van der Waals surface area contributed by atoms with E-state index in [9.17, 15) is 21.6 Å². The first kappa shape index (κ1) is 25.9. The zero-order valence-corrected chi connectivity index (χ0v) is 22.5. The van der Waals surface area contributed by atoms with Crippen LogP contribution in [0.5, 0.6) is 0 Å².